The molecule has 1 heterocycles. The highest BCUT2D eigenvalue weighted by Crippen LogP contribution is 2.40. The van der Waals surface area contributed by atoms with E-state index in [9.17, 15) is 4.79 Å². The van der Waals surface area contributed by atoms with E-state index in [-0.39, 0.29) is 17.5 Å². The van der Waals surface area contributed by atoms with E-state index in [0.29, 0.717) is 13.3 Å². The number of amides is 1. The fraction of sp³-hybridized carbons (Fsp3) is 0.900. The molecule has 0 aromatic rings. The van der Waals surface area contributed by atoms with E-state index >= 15 is 0 Å². The first-order chi connectivity index (χ1) is 6.73. The lowest BCUT2D eigenvalue weighted by molar-refractivity contribution is -0.132. The molecule has 4 nitrogen and oxygen atoms in total. The van der Waals surface area contributed by atoms with Gasteiger partial charge in [0.1, 0.15) is 0 Å². The smallest absolute Gasteiger partial charge is 0.244 e. The second-order valence-corrected chi connectivity index (χ2v) is 4.21. The Bertz CT molecular complexity index is 238. The molecule has 0 aromatic heterocycles. The second-order valence-electron chi connectivity index (χ2n) is 4.21. The molecule has 1 amide bonds. The van der Waals surface area contributed by atoms with E-state index in [1.54, 1.807) is 7.11 Å². The van der Waals surface area contributed by atoms with E-state index in [1.807, 2.05) is 4.90 Å². The molecule has 1 atom stereocenters. The summed E-state index contributed by atoms with van der Waals surface area (Å²) in [7, 11) is 1.68. The fourth-order valence-corrected chi connectivity index (χ4v) is 2.09. The molecule has 2 aliphatic rings. The van der Waals surface area contributed by atoms with Crippen LogP contribution in [0.25, 0.3) is 0 Å². The molecule has 1 spiro atoms. The van der Waals surface area contributed by atoms with Crippen LogP contribution in [0.4, 0.5) is 0 Å². The van der Waals surface area contributed by atoms with E-state index in [1.165, 1.54) is 0 Å². The minimum Gasteiger partial charge on any atom is -0.383 e. The predicted molar refractivity (Wildman–Crippen MR) is 52.8 cm³/mol. The van der Waals surface area contributed by atoms with Crippen LogP contribution >= 0.6 is 0 Å². The quantitative estimate of drug-likeness (QED) is 0.708. The van der Waals surface area contributed by atoms with Crippen LogP contribution < -0.4 is 5.32 Å². The molecule has 0 bridgehead atoms. The minimum atomic E-state index is -0.166. The molecule has 1 N–H and O–H groups in total. The largest absolute Gasteiger partial charge is 0.383 e. The third kappa shape index (κ3) is 1.42. The highest BCUT2D eigenvalue weighted by molar-refractivity contribution is 5.91. The number of methoxy groups -OCH3 is 1. The topological polar surface area (TPSA) is 41.6 Å². The van der Waals surface area contributed by atoms with Crippen molar-refractivity contribution in [1.82, 2.24) is 10.2 Å². The number of hydrogen-bond acceptors (Lipinski definition) is 3. The van der Waals surface area contributed by atoms with Gasteiger partial charge in [-0.15, -0.1) is 0 Å². The lowest BCUT2D eigenvalue weighted by Gasteiger charge is -2.25. The van der Waals surface area contributed by atoms with Gasteiger partial charge in [0.2, 0.25) is 5.91 Å². The SMILES string of the molecule is CCC(COC)N1CNC2(CC2)C1=O. The van der Waals surface area contributed by atoms with Crippen molar-refractivity contribution in [2.24, 2.45) is 0 Å². The summed E-state index contributed by atoms with van der Waals surface area (Å²) in [6, 6.07) is 0.236. The zero-order valence-corrected chi connectivity index (χ0v) is 8.88. The Labute approximate surface area is 84.6 Å². The van der Waals surface area contributed by atoms with Crippen molar-refractivity contribution in [3.05, 3.63) is 0 Å². The van der Waals surface area contributed by atoms with Gasteiger partial charge >= 0.3 is 0 Å². The molecule has 14 heavy (non-hydrogen) atoms. The first-order valence-corrected chi connectivity index (χ1v) is 5.28. The highest BCUT2D eigenvalue weighted by Gasteiger charge is 2.56. The van der Waals surface area contributed by atoms with Gasteiger partial charge < -0.3 is 9.64 Å². The van der Waals surface area contributed by atoms with Crippen LogP contribution in [-0.2, 0) is 9.53 Å². The molecule has 1 aliphatic carbocycles. The van der Waals surface area contributed by atoms with Crippen LogP contribution in [0.3, 0.4) is 0 Å². The van der Waals surface area contributed by atoms with Gasteiger partial charge in [0.15, 0.2) is 0 Å². The molecular weight excluding hydrogens is 180 g/mol. The number of nitrogens with one attached hydrogen (secondary N) is 1. The van der Waals surface area contributed by atoms with Crippen molar-refractivity contribution in [1.29, 1.82) is 0 Å². The van der Waals surface area contributed by atoms with Gasteiger partial charge in [-0.25, -0.2) is 0 Å². The Hall–Kier alpha value is -0.610. The Morgan fingerprint density at radius 1 is 1.64 bits per heavy atom. The first-order valence-electron chi connectivity index (χ1n) is 5.28. The van der Waals surface area contributed by atoms with E-state index in [4.69, 9.17) is 4.74 Å². The molecule has 0 aromatic carbocycles. The maximum Gasteiger partial charge on any atom is 0.244 e. The standard InChI is InChI=1S/C10H18N2O2/c1-3-8(6-14-2)12-7-11-10(4-5-10)9(12)13/h8,11H,3-7H2,1-2H3. The van der Waals surface area contributed by atoms with Gasteiger partial charge in [-0.2, -0.15) is 0 Å². The molecular formula is C10H18N2O2. The summed E-state index contributed by atoms with van der Waals surface area (Å²) in [6.07, 6.45) is 2.97. The van der Waals surface area contributed by atoms with Crippen LogP contribution in [0, 0.1) is 0 Å². The monoisotopic (exact) mass is 198 g/mol. The number of rotatable bonds is 4. The summed E-state index contributed by atoms with van der Waals surface area (Å²) < 4.78 is 5.12. The van der Waals surface area contributed by atoms with E-state index < -0.39 is 0 Å². The maximum absolute atomic E-state index is 12.0. The van der Waals surface area contributed by atoms with Crippen molar-refractivity contribution in [3.63, 3.8) is 0 Å². The van der Waals surface area contributed by atoms with E-state index in [0.717, 1.165) is 19.3 Å². The second kappa shape index (κ2) is 3.51. The molecule has 4 heteroatoms. The zero-order valence-electron chi connectivity index (χ0n) is 8.88. The van der Waals surface area contributed by atoms with Gasteiger partial charge in [-0.05, 0) is 19.3 Å². The normalized spacial score (nSPS) is 25.9. The Morgan fingerprint density at radius 2 is 2.36 bits per heavy atom. The molecule has 1 saturated carbocycles. The Kier molecular flexibility index (Phi) is 2.49. The number of ether oxygens (including phenoxy) is 1. The maximum atomic E-state index is 12.0. The highest BCUT2D eigenvalue weighted by atomic mass is 16.5. The van der Waals surface area contributed by atoms with Gasteiger partial charge in [0.05, 0.1) is 24.9 Å². The predicted octanol–water partition coefficient (Wildman–Crippen LogP) is 0.333. The lowest BCUT2D eigenvalue weighted by Crippen LogP contribution is -2.41. The van der Waals surface area contributed by atoms with Crippen LogP contribution in [-0.4, -0.2) is 42.8 Å². The van der Waals surface area contributed by atoms with Crippen LogP contribution in [0.5, 0.6) is 0 Å². The molecule has 1 saturated heterocycles. The van der Waals surface area contributed by atoms with Gasteiger partial charge in [-0.3, -0.25) is 10.1 Å². The number of carbonyl (C=O) groups excluding carboxylic acids is 1. The van der Waals surface area contributed by atoms with Crippen molar-refractivity contribution < 1.29 is 9.53 Å². The summed E-state index contributed by atoms with van der Waals surface area (Å²) in [5, 5.41) is 3.30. The molecule has 80 valence electrons. The number of nitrogens with zero attached hydrogens (tertiary/aromatic N) is 1. The van der Waals surface area contributed by atoms with Crippen molar-refractivity contribution in [2.45, 2.75) is 37.8 Å². The molecule has 1 aliphatic heterocycles. The van der Waals surface area contributed by atoms with Crippen LogP contribution in [0.1, 0.15) is 26.2 Å². The average molecular weight is 198 g/mol. The van der Waals surface area contributed by atoms with Crippen molar-refractivity contribution >= 4 is 5.91 Å². The minimum absolute atomic E-state index is 0.166. The van der Waals surface area contributed by atoms with Gasteiger partial charge in [0.25, 0.3) is 0 Å². The molecule has 1 unspecified atom stereocenters. The average Bonchev–Trinajstić information content (AvgIpc) is 2.90. The van der Waals surface area contributed by atoms with Crippen LogP contribution in [0.2, 0.25) is 0 Å². The lowest BCUT2D eigenvalue weighted by atomic mass is 10.2. The molecule has 0 radical (unpaired) electrons. The summed E-state index contributed by atoms with van der Waals surface area (Å²) in [4.78, 5) is 13.9. The molecule has 2 fully saturated rings. The zero-order chi connectivity index (χ0) is 10.2. The van der Waals surface area contributed by atoms with Crippen molar-refractivity contribution in [2.75, 3.05) is 20.4 Å². The third-order valence-corrected chi connectivity index (χ3v) is 3.28. The first kappa shape index (κ1) is 9.93. The van der Waals surface area contributed by atoms with Gasteiger partial charge in [0, 0.05) is 7.11 Å². The van der Waals surface area contributed by atoms with Crippen molar-refractivity contribution in [3.8, 4) is 0 Å². The summed E-state index contributed by atoms with van der Waals surface area (Å²) in [5.41, 5.74) is -0.166. The summed E-state index contributed by atoms with van der Waals surface area (Å²) >= 11 is 0. The fourth-order valence-electron chi connectivity index (χ4n) is 2.09. The van der Waals surface area contributed by atoms with Crippen LogP contribution in [0.15, 0.2) is 0 Å². The summed E-state index contributed by atoms with van der Waals surface area (Å²) in [6.45, 7) is 3.43. The molecule has 2 rings (SSSR count). The van der Waals surface area contributed by atoms with Gasteiger partial charge in [-0.1, -0.05) is 6.92 Å². The Balaban J connectivity index is 2.00. The number of carbonyl (C=O) groups is 1. The summed E-state index contributed by atoms with van der Waals surface area (Å²) in [5.74, 6) is 0.279. The third-order valence-electron chi connectivity index (χ3n) is 3.28. The number of hydrogen-bond donors (Lipinski definition) is 1. The Morgan fingerprint density at radius 3 is 2.79 bits per heavy atom. The van der Waals surface area contributed by atoms with E-state index in [2.05, 4.69) is 12.2 Å².